The summed E-state index contributed by atoms with van der Waals surface area (Å²) in [6.07, 6.45) is 3.57. The van der Waals surface area contributed by atoms with E-state index in [-0.39, 0.29) is 0 Å². The van der Waals surface area contributed by atoms with Gasteiger partial charge in [-0.3, -0.25) is 0 Å². The molecule has 1 rings (SSSR count). The minimum atomic E-state index is 0.633. The molecule has 14 heavy (non-hydrogen) atoms. The Balaban J connectivity index is 2.34. The smallest absolute Gasteiger partial charge is 0.113 e. The SMILES string of the molecule is [B]CC/C=C(\C)OCc1ccccc1. The fourth-order valence-electron chi connectivity index (χ4n) is 1.12. The van der Waals surface area contributed by atoms with E-state index in [9.17, 15) is 0 Å². The molecule has 0 unspecified atom stereocenters. The van der Waals surface area contributed by atoms with Gasteiger partial charge in [0.2, 0.25) is 0 Å². The van der Waals surface area contributed by atoms with Crippen molar-refractivity contribution in [3.8, 4) is 0 Å². The molecule has 0 saturated heterocycles. The Morgan fingerprint density at radius 2 is 2.07 bits per heavy atom. The van der Waals surface area contributed by atoms with Crippen molar-refractivity contribution in [3.63, 3.8) is 0 Å². The standard InChI is InChI=1S/C12H15BO/c1-11(6-5-9-13)14-10-12-7-3-2-4-8-12/h2-4,6-8H,5,9-10H2,1H3/b11-6+. The van der Waals surface area contributed by atoms with Crippen LogP contribution in [0.4, 0.5) is 0 Å². The highest BCUT2D eigenvalue weighted by Crippen LogP contribution is 2.06. The van der Waals surface area contributed by atoms with Crippen LogP contribution in [0.5, 0.6) is 0 Å². The summed E-state index contributed by atoms with van der Waals surface area (Å²) in [6, 6.07) is 10.1. The van der Waals surface area contributed by atoms with Crippen LogP contribution in [-0.4, -0.2) is 7.85 Å². The second-order valence-corrected chi connectivity index (χ2v) is 3.17. The third-order valence-electron chi connectivity index (χ3n) is 1.91. The molecular formula is C12H15BO. The lowest BCUT2D eigenvalue weighted by Gasteiger charge is -2.05. The van der Waals surface area contributed by atoms with Crippen LogP contribution in [0.1, 0.15) is 18.9 Å². The largest absolute Gasteiger partial charge is 0.494 e. The summed E-state index contributed by atoms with van der Waals surface area (Å²) >= 11 is 0. The van der Waals surface area contributed by atoms with Crippen molar-refractivity contribution in [1.29, 1.82) is 0 Å². The maximum absolute atomic E-state index is 5.54. The average Bonchev–Trinajstić information content (AvgIpc) is 2.25. The Bertz CT molecular complexity index is 280. The molecule has 0 aromatic heterocycles. The molecule has 0 amide bonds. The van der Waals surface area contributed by atoms with E-state index < -0.39 is 0 Å². The van der Waals surface area contributed by atoms with Crippen molar-refractivity contribution >= 4 is 7.85 Å². The monoisotopic (exact) mass is 186 g/mol. The van der Waals surface area contributed by atoms with Gasteiger partial charge < -0.3 is 4.74 Å². The van der Waals surface area contributed by atoms with Crippen LogP contribution in [0, 0.1) is 0 Å². The summed E-state index contributed by atoms with van der Waals surface area (Å²) in [6.45, 7) is 2.59. The number of allylic oxidation sites excluding steroid dienone is 2. The van der Waals surface area contributed by atoms with E-state index in [1.54, 1.807) is 0 Å². The van der Waals surface area contributed by atoms with E-state index in [2.05, 4.69) is 12.1 Å². The third kappa shape index (κ3) is 4.17. The lowest BCUT2D eigenvalue weighted by Crippen LogP contribution is -1.90. The summed E-state index contributed by atoms with van der Waals surface area (Å²) in [5.41, 5.74) is 1.19. The topological polar surface area (TPSA) is 9.23 Å². The quantitative estimate of drug-likeness (QED) is 0.507. The fourth-order valence-corrected chi connectivity index (χ4v) is 1.12. The Morgan fingerprint density at radius 3 is 2.71 bits per heavy atom. The van der Waals surface area contributed by atoms with Crippen LogP contribution in [0.3, 0.4) is 0 Å². The molecule has 0 aliphatic heterocycles. The molecule has 1 aromatic carbocycles. The molecule has 0 heterocycles. The normalized spacial score (nSPS) is 11.4. The van der Waals surface area contributed by atoms with Crippen molar-refractivity contribution < 1.29 is 4.74 Å². The first-order valence-corrected chi connectivity index (χ1v) is 4.86. The fraction of sp³-hybridized carbons (Fsp3) is 0.333. The van der Waals surface area contributed by atoms with Crippen LogP contribution >= 0.6 is 0 Å². The lowest BCUT2D eigenvalue weighted by molar-refractivity contribution is 0.199. The number of rotatable bonds is 5. The molecule has 72 valence electrons. The zero-order chi connectivity index (χ0) is 10.2. The Kier molecular flexibility index (Phi) is 4.91. The van der Waals surface area contributed by atoms with Gasteiger partial charge in [-0.05, 0) is 25.0 Å². The van der Waals surface area contributed by atoms with E-state index in [1.165, 1.54) is 5.56 Å². The van der Waals surface area contributed by atoms with Gasteiger partial charge in [0.15, 0.2) is 0 Å². The number of benzene rings is 1. The second kappa shape index (κ2) is 6.30. The zero-order valence-electron chi connectivity index (χ0n) is 8.57. The molecule has 0 atom stereocenters. The Morgan fingerprint density at radius 1 is 1.36 bits per heavy atom. The summed E-state index contributed by atoms with van der Waals surface area (Å²) in [4.78, 5) is 0. The molecule has 0 N–H and O–H groups in total. The maximum atomic E-state index is 5.54. The van der Waals surface area contributed by atoms with E-state index in [0.29, 0.717) is 12.9 Å². The highest BCUT2D eigenvalue weighted by Gasteiger charge is 1.92. The highest BCUT2D eigenvalue weighted by molar-refractivity contribution is 6.08. The van der Waals surface area contributed by atoms with Crippen molar-refractivity contribution in [2.45, 2.75) is 26.3 Å². The van der Waals surface area contributed by atoms with Crippen molar-refractivity contribution in [2.75, 3.05) is 0 Å². The minimum Gasteiger partial charge on any atom is -0.494 e. The van der Waals surface area contributed by atoms with E-state index >= 15 is 0 Å². The van der Waals surface area contributed by atoms with E-state index in [4.69, 9.17) is 12.6 Å². The lowest BCUT2D eigenvalue weighted by atomic mass is 10.0. The molecule has 1 aromatic rings. The van der Waals surface area contributed by atoms with Gasteiger partial charge in [0.1, 0.15) is 6.61 Å². The molecule has 0 spiro atoms. The van der Waals surface area contributed by atoms with Crippen LogP contribution in [0.15, 0.2) is 42.2 Å². The van der Waals surface area contributed by atoms with Crippen LogP contribution < -0.4 is 0 Å². The molecule has 0 saturated carbocycles. The second-order valence-electron chi connectivity index (χ2n) is 3.17. The van der Waals surface area contributed by atoms with Gasteiger partial charge in [-0.25, -0.2) is 0 Å². The highest BCUT2D eigenvalue weighted by atomic mass is 16.5. The molecule has 0 fully saturated rings. The van der Waals surface area contributed by atoms with E-state index in [1.807, 2.05) is 31.2 Å². The van der Waals surface area contributed by atoms with Gasteiger partial charge in [0.05, 0.1) is 13.6 Å². The Hall–Kier alpha value is -1.18. The molecule has 1 nitrogen and oxygen atoms in total. The predicted molar refractivity (Wildman–Crippen MR) is 60.2 cm³/mol. The third-order valence-corrected chi connectivity index (χ3v) is 1.91. The van der Waals surface area contributed by atoms with Crippen LogP contribution in [0.25, 0.3) is 0 Å². The number of hydrogen-bond donors (Lipinski definition) is 0. The molecule has 0 bridgehead atoms. The van der Waals surface area contributed by atoms with Crippen molar-refractivity contribution in [1.82, 2.24) is 0 Å². The van der Waals surface area contributed by atoms with Crippen molar-refractivity contribution in [3.05, 3.63) is 47.7 Å². The molecular weight excluding hydrogens is 171 g/mol. The van der Waals surface area contributed by atoms with Gasteiger partial charge in [-0.1, -0.05) is 36.7 Å². The van der Waals surface area contributed by atoms with Crippen LogP contribution in [-0.2, 0) is 11.3 Å². The first-order chi connectivity index (χ1) is 6.83. The molecule has 2 heteroatoms. The first kappa shape index (κ1) is 10.9. The van der Waals surface area contributed by atoms with Gasteiger partial charge in [0, 0.05) is 0 Å². The maximum Gasteiger partial charge on any atom is 0.113 e. The summed E-state index contributed by atoms with van der Waals surface area (Å²) < 4.78 is 5.54. The summed E-state index contributed by atoms with van der Waals surface area (Å²) in [5, 5.41) is 0. The summed E-state index contributed by atoms with van der Waals surface area (Å²) in [5.74, 6) is 0.944. The predicted octanol–water partition coefficient (Wildman–Crippen LogP) is 3.08. The van der Waals surface area contributed by atoms with Gasteiger partial charge in [0.25, 0.3) is 0 Å². The van der Waals surface area contributed by atoms with E-state index in [0.717, 1.165) is 12.2 Å². The van der Waals surface area contributed by atoms with Crippen molar-refractivity contribution in [2.24, 2.45) is 0 Å². The van der Waals surface area contributed by atoms with Gasteiger partial charge in [-0.15, -0.1) is 0 Å². The zero-order valence-corrected chi connectivity index (χ0v) is 8.57. The first-order valence-electron chi connectivity index (χ1n) is 4.86. The van der Waals surface area contributed by atoms with Gasteiger partial charge in [-0.2, -0.15) is 0 Å². The number of ether oxygens (including phenoxy) is 1. The minimum absolute atomic E-state index is 0.633. The average molecular weight is 186 g/mol. The molecule has 0 aliphatic rings. The summed E-state index contributed by atoms with van der Waals surface area (Å²) in [7, 11) is 5.38. The molecule has 0 aliphatic carbocycles. The Labute approximate surface area is 87.2 Å². The van der Waals surface area contributed by atoms with Crippen LogP contribution in [0.2, 0.25) is 6.32 Å². The number of hydrogen-bond acceptors (Lipinski definition) is 1. The molecule has 2 radical (unpaired) electrons. The van der Waals surface area contributed by atoms with Gasteiger partial charge >= 0.3 is 0 Å².